The quantitative estimate of drug-likeness (QED) is 0.759. The van der Waals surface area contributed by atoms with E-state index in [9.17, 15) is 9.59 Å². The van der Waals surface area contributed by atoms with E-state index in [-0.39, 0.29) is 24.3 Å². The Balaban J connectivity index is 1.35. The van der Waals surface area contributed by atoms with E-state index in [1.807, 2.05) is 11.0 Å². The number of carbonyl (C=O) groups is 2. The highest BCUT2D eigenvalue weighted by Crippen LogP contribution is 2.37. The fourth-order valence-electron chi connectivity index (χ4n) is 3.96. The number of primary amides is 1. The number of carbonyl (C=O) groups excluding carboxylic acids is 2. The number of nitrogens with zero attached hydrogens (tertiary/aromatic N) is 1. The Morgan fingerprint density at radius 3 is 2.54 bits per heavy atom. The topological polar surface area (TPSA) is 75.4 Å². The van der Waals surface area contributed by atoms with Gasteiger partial charge < -0.3 is 16.0 Å². The molecule has 5 heteroatoms. The van der Waals surface area contributed by atoms with Gasteiger partial charge in [0.1, 0.15) is 0 Å². The Morgan fingerprint density at radius 1 is 1.04 bits per heavy atom. The summed E-state index contributed by atoms with van der Waals surface area (Å²) in [7, 11) is 0. The summed E-state index contributed by atoms with van der Waals surface area (Å²) in [6.45, 7) is 1.48. The Kier molecular flexibility index (Phi) is 4.37. The van der Waals surface area contributed by atoms with Crippen molar-refractivity contribution >= 4 is 17.5 Å². The highest BCUT2D eigenvalue weighted by atomic mass is 16.2. The zero-order valence-electron chi connectivity index (χ0n) is 14.7. The lowest BCUT2D eigenvalue weighted by molar-refractivity contribution is -0.133. The molecule has 5 nitrogen and oxygen atoms in total. The predicted octanol–water partition coefficient (Wildman–Crippen LogP) is 2.39. The molecule has 0 bridgehead atoms. The van der Waals surface area contributed by atoms with E-state index >= 15 is 0 Å². The Hall–Kier alpha value is -2.82. The summed E-state index contributed by atoms with van der Waals surface area (Å²) in [5, 5.41) is 3.25. The van der Waals surface area contributed by atoms with Crippen LogP contribution >= 0.6 is 0 Å². The van der Waals surface area contributed by atoms with E-state index in [1.165, 1.54) is 22.3 Å². The van der Waals surface area contributed by atoms with Gasteiger partial charge in [-0.3, -0.25) is 9.59 Å². The molecule has 0 radical (unpaired) electrons. The Labute approximate surface area is 153 Å². The molecule has 1 aliphatic heterocycles. The fourth-order valence-corrected chi connectivity index (χ4v) is 3.96. The monoisotopic (exact) mass is 349 g/mol. The van der Waals surface area contributed by atoms with Gasteiger partial charge in [0.2, 0.25) is 11.8 Å². The molecule has 1 fully saturated rings. The first kappa shape index (κ1) is 16.6. The predicted molar refractivity (Wildman–Crippen MR) is 102 cm³/mol. The molecule has 3 N–H and O–H groups in total. The molecule has 4 rings (SSSR count). The van der Waals surface area contributed by atoms with Gasteiger partial charge in [0.05, 0.1) is 6.54 Å². The lowest BCUT2D eigenvalue weighted by Crippen LogP contribution is -2.43. The van der Waals surface area contributed by atoms with Crippen molar-refractivity contribution in [3.63, 3.8) is 0 Å². The minimum atomic E-state index is -0.255. The zero-order valence-corrected chi connectivity index (χ0v) is 14.7. The second-order valence-electron chi connectivity index (χ2n) is 7.12. The molecule has 134 valence electrons. The second-order valence-corrected chi connectivity index (χ2v) is 7.12. The largest absolute Gasteiger partial charge is 0.376 e. The molecule has 0 aromatic heterocycles. The van der Waals surface area contributed by atoms with Gasteiger partial charge in [0.25, 0.3) is 0 Å². The molecule has 1 aliphatic carbocycles. The van der Waals surface area contributed by atoms with Crippen molar-refractivity contribution in [2.75, 3.05) is 25.0 Å². The summed E-state index contributed by atoms with van der Waals surface area (Å²) in [5.74, 6) is -0.281. The number of likely N-dealkylation sites (tertiary alicyclic amines) is 1. The highest BCUT2D eigenvalue weighted by Gasteiger charge is 2.25. The molecule has 26 heavy (non-hydrogen) atoms. The molecule has 2 aliphatic rings. The molecule has 0 atom stereocenters. The van der Waals surface area contributed by atoms with Crippen LogP contribution in [-0.4, -0.2) is 36.3 Å². The summed E-state index contributed by atoms with van der Waals surface area (Å²) < 4.78 is 0. The van der Waals surface area contributed by atoms with Crippen LogP contribution in [0.4, 0.5) is 5.69 Å². The number of amides is 2. The summed E-state index contributed by atoms with van der Waals surface area (Å²) >= 11 is 0. The number of benzene rings is 2. The van der Waals surface area contributed by atoms with Crippen LogP contribution in [0.5, 0.6) is 0 Å². The standard InChI is InChI=1S/C21H23N3O2/c22-21(26)14-7-9-24(10-8-14)20(25)13-23-17-5-6-19-16(12-17)11-15-3-1-2-4-18(15)19/h1-6,12,14,23H,7-11,13H2,(H2,22,26). The number of anilines is 1. The molecule has 0 spiro atoms. The van der Waals surface area contributed by atoms with Gasteiger partial charge in [-0.05, 0) is 53.6 Å². The maximum absolute atomic E-state index is 12.4. The van der Waals surface area contributed by atoms with Crippen LogP contribution in [0.3, 0.4) is 0 Å². The first-order chi connectivity index (χ1) is 12.6. The molecule has 2 amide bonds. The van der Waals surface area contributed by atoms with Crippen molar-refractivity contribution in [2.24, 2.45) is 11.7 Å². The van der Waals surface area contributed by atoms with Crippen LogP contribution in [0, 0.1) is 5.92 Å². The minimum Gasteiger partial charge on any atom is -0.376 e. The molecule has 2 aromatic rings. The van der Waals surface area contributed by atoms with E-state index in [2.05, 4.69) is 41.7 Å². The smallest absolute Gasteiger partial charge is 0.241 e. The van der Waals surface area contributed by atoms with Crippen LogP contribution < -0.4 is 11.1 Å². The van der Waals surface area contributed by atoms with E-state index in [1.54, 1.807) is 0 Å². The second kappa shape index (κ2) is 6.83. The lowest BCUT2D eigenvalue weighted by atomic mass is 9.96. The number of nitrogens with two attached hydrogens (primary N) is 1. The highest BCUT2D eigenvalue weighted by molar-refractivity contribution is 5.83. The van der Waals surface area contributed by atoms with E-state index in [4.69, 9.17) is 5.73 Å². The minimum absolute atomic E-state index is 0.0664. The molecule has 2 aromatic carbocycles. The third-order valence-electron chi connectivity index (χ3n) is 5.49. The summed E-state index contributed by atoms with van der Waals surface area (Å²) in [6, 6.07) is 14.8. The van der Waals surface area contributed by atoms with E-state index in [0.717, 1.165) is 12.1 Å². The van der Waals surface area contributed by atoms with Gasteiger partial charge in [0, 0.05) is 24.7 Å². The average Bonchev–Trinajstić information content (AvgIpc) is 3.04. The molecular formula is C21H23N3O2. The molecule has 1 heterocycles. The van der Waals surface area contributed by atoms with Crippen LogP contribution in [0.2, 0.25) is 0 Å². The third kappa shape index (κ3) is 3.17. The maximum Gasteiger partial charge on any atom is 0.241 e. The number of piperidine rings is 1. The van der Waals surface area contributed by atoms with Gasteiger partial charge in [-0.25, -0.2) is 0 Å². The van der Waals surface area contributed by atoms with E-state index < -0.39 is 0 Å². The molecule has 0 saturated carbocycles. The number of hydrogen-bond acceptors (Lipinski definition) is 3. The maximum atomic E-state index is 12.4. The van der Waals surface area contributed by atoms with Crippen molar-refractivity contribution in [3.05, 3.63) is 53.6 Å². The number of nitrogens with one attached hydrogen (secondary N) is 1. The zero-order chi connectivity index (χ0) is 18.1. The lowest BCUT2D eigenvalue weighted by Gasteiger charge is -2.30. The molecule has 1 saturated heterocycles. The summed E-state index contributed by atoms with van der Waals surface area (Å²) in [5.41, 5.74) is 11.6. The van der Waals surface area contributed by atoms with Crippen molar-refractivity contribution in [1.82, 2.24) is 4.90 Å². The van der Waals surface area contributed by atoms with Gasteiger partial charge in [-0.1, -0.05) is 30.3 Å². The summed E-state index contributed by atoms with van der Waals surface area (Å²) in [6.07, 6.45) is 2.27. The number of fused-ring (bicyclic) bond motifs is 3. The van der Waals surface area contributed by atoms with Gasteiger partial charge in [-0.15, -0.1) is 0 Å². The Morgan fingerprint density at radius 2 is 1.77 bits per heavy atom. The van der Waals surface area contributed by atoms with E-state index in [0.29, 0.717) is 25.9 Å². The first-order valence-corrected chi connectivity index (χ1v) is 9.14. The number of hydrogen-bond donors (Lipinski definition) is 2. The van der Waals surface area contributed by atoms with Crippen molar-refractivity contribution in [1.29, 1.82) is 0 Å². The summed E-state index contributed by atoms with van der Waals surface area (Å²) in [4.78, 5) is 25.4. The van der Waals surface area contributed by atoms with Gasteiger partial charge in [-0.2, -0.15) is 0 Å². The molecule has 0 unspecified atom stereocenters. The Bertz CT molecular complexity index is 854. The van der Waals surface area contributed by atoms with Gasteiger partial charge in [0.15, 0.2) is 0 Å². The number of rotatable bonds is 4. The third-order valence-corrected chi connectivity index (χ3v) is 5.49. The molecular weight excluding hydrogens is 326 g/mol. The van der Waals surface area contributed by atoms with Crippen LogP contribution in [-0.2, 0) is 16.0 Å². The van der Waals surface area contributed by atoms with Crippen molar-refractivity contribution in [2.45, 2.75) is 19.3 Å². The average molecular weight is 349 g/mol. The first-order valence-electron chi connectivity index (χ1n) is 9.14. The van der Waals surface area contributed by atoms with Crippen LogP contribution in [0.15, 0.2) is 42.5 Å². The van der Waals surface area contributed by atoms with Crippen molar-refractivity contribution in [3.8, 4) is 11.1 Å². The van der Waals surface area contributed by atoms with Gasteiger partial charge >= 0.3 is 0 Å². The normalized spacial score (nSPS) is 16.1. The SMILES string of the molecule is NC(=O)C1CCN(C(=O)CNc2ccc3c(c2)Cc2ccccc2-3)CC1. The van der Waals surface area contributed by atoms with Crippen LogP contribution in [0.25, 0.3) is 11.1 Å². The van der Waals surface area contributed by atoms with Crippen LogP contribution in [0.1, 0.15) is 24.0 Å². The van der Waals surface area contributed by atoms with Crippen molar-refractivity contribution < 1.29 is 9.59 Å². The fraction of sp³-hybridized carbons (Fsp3) is 0.333.